The molecule has 2 aromatic rings. The summed E-state index contributed by atoms with van der Waals surface area (Å²) >= 11 is 0. The van der Waals surface area contributed by atoms with Gasteiger partial charge in [0.1, 0.15) is 5.82 Å². The summed E-state index contributed by atoms with van der Waals surface area (Å²) in [4.78, 5) is 33.9. The minimum absolute atomic E-state index is 0.0183. The SMILES string of the molecule is CC(=O)c1c(C)nn(C(C)CC(=O)N2CCC(c3ncc[nH]3)CC2)c1C. The molecule has 7 nitrogen and oxygen atoms in total. The Hall–Kier alpha value is -2.44. The normalized spacial score (nSPS) is 16.7. The van der Waals surface area contributed by atoms with Gasteiger partial charge in [0, 0.05) is 43.5 Å². The number of rotatable bonds is 5. The molecule has 3 heterocycles. The van der Waals surface area contributed by atoms with Crippen LogP contribution in [0.1, 0.15) is 72.6 Å². The van der Waals surface area contributed by atoms with Gasteiger partial charge in [-0.1, -0.05) is 0 Å². The van der Waals surface area contributed by atoms with Gasteiger partial charge in [-0.2, -0.15) is 5.10 Å². The second-order valence-corrected chi connectivity index (χ2v) is 7.23. The fourth-order valence-corrected chi connectivity index (χ4v) is 3.97. The largest absolute Gasteiger partial charge is 0.348 e. The molecule has 0 aromatic carbocycles. The van der Waals surface area contributed by atoms with E-state index in [0.717, 1.165) is 43.1 Å². The fraction of sp³-hybridized carbons (Fsp3) is 0.579. The van der Waals surface area contributed by atoms with E-state index in [9.17, 15) is 9.59 Å². The molecule has 140 valence electrons. The monoisotopic (exact) mass is 357 g/mol. The number of amides is 1. The number of carbonyl (C=O) groups is 2. The number of nitrogens with zero attached hydrogens (tertiary/aromatic N) is 4. The molecular formula is C19H27N5O2. The highest BCUT2D eigenvalue weighted by molar-refractivity contribution is 5.96. The summed E-state index contributed by atoms with van der Waals surface area (Å²) < 4.78 is 1.82. The van der Waals surface area contributed by atoms with Gasteiger partial charge in [-0.15, -0.1) is 0 Å². The number of ketones is 1. The molecule has 0 saturated carbocycles. The molecule has 1 unspecified atom stereocenters. The third-order valence-electron chi connectivity index (χ3n) is 5.32. The Labute approximate surface area is 153 Å². The predicted octanol–water partition coefficient (Wildman–Crippen LogP) is 2.78. The van der Waals surface area contributed by atoms with Gasteiger partial charge in [0.2, 0.25) is 5.91 Å². The van der Waals surface area contributed by atoms with Crippen molar-refractivity contribution >= 4 is 11.7 Å². The number of carbonyl (C=O) groups excluding carboxylic acids is 2. The van der Waals surface area contributed by atoms with Gasteiger partial charge in [0.15, 0.2) is 5.78 Å². The first-order chi connectivity index (χ1) is 12.4. The van der Waals surface area contributed by atoms with Gasteiger partial charge >= 0.3 is 0 Å². The van der Waals surface area contributed by atoms with Crippen LogP contribution < -0.4 is 0 Å². The van der Waals surface area contributed by atoms with Crippen molar-refractivity contribution < 1.29 is 9.59 Å². The maximum Gasteiger partial charge on any atom is 0.224 e. The summed E-state index contributed by atoms with van der Waals surface area (Å²) in [5, 5.41) is 4.49. The van der Waals surface area contributed by atoms with Crippen molar-refractivity contribution in [2.24, 2.45) is 0 Å². The summed E-state index contributed by atoms with van der Waals surface area (Å²) in [6, 6.07) is -0.0721. The van der Waals surface area contributed by atoms with Crippen molar-refractivity contribution in [3.8, 4) is 0 Å². The van der Waals surface area contributed by atoms with Crippen molar-refractivity contribution in [2.75, 3.05) is 13.1 Å². The topological polar surface area (TPSA) is 83.9 Å². The van der Waals surface area contributed by atoms with Crippen LogP contribution in [0.25, 0.3) is 0 Å². The number of aromatic amines is 1. The van der Waals surface area contributed by atoms with Crippen molar-refractivity contribution in [3.05, 3.63) is 35.2 Å². The molecule has 1 N–H and O–H groups in total. The Balaban J connectivity index is 1.60. The van der Waals surface area contributed by atoms with E-state index < -0.39 is 0 Å². The number of hydrogen-bond donors (Lipinski definition) is 1. The average Bonchev–Trinajstić information content (AvgIpc) is 3.23. The molecule has 0 spiro atoms. The molecule has 0 radical (unpaired) electrons. The Morgan fingerprint density at radius 1 is 1.31 bits per heavy atom. The Morgan fingerprint density at radius 3 is 2.54 bits per heavy atom. The molecule has 1 saturated heterocycles. The van der Waals surface area contributed by atoms with Gasteiger partial charge in [-0.3, -0.25) is 14.3 Å². The quantitative estimate of drug-likeness (QED) is 0.834. The zero-order valence-corrected chi connectivity index (χ0v) is 16.0. The molecule has 1 fully saturated rings. The Kier molecular flexibility index (Phi) is 5.25. The van der Waals surface area contributed by atoms with Crippen molar-refractivity contribution in [3.63, 3.8) is 0 Å². The van der Waals surface area contributed by atoms with E-state index in [-0.39, 0.29) is 17.7 Å². The molecule has 7 heteroatoms. The Morgan fingerprint density at radius 2 is 2.00 bits per heavy atom. The predicted molar refractivity (Wildman–Crippen MR) is 98.2 cm³/mol. The lowest BCUT2D eigenvalue weighted by atomic mass is 9.96. The van der Waals surface area contributed by atoms with E-state index in [1.807, 2.05) is 36.5 Å². The molecule has 1 amide bonds. The van der Waals surface area contributed by atoms with Crippen LogP contribution in [0.3, 0.4) is 0 Å². The third kappa shape index (κ3) is 3.57. The summed E-state index contributed by atoms with van der Waals surface area (Å²) in [5.74, 6) is 1.59. The highest BCUT2D eigenvalue weighted by Crippen LogP contribution is 2.27. The molecule has 0 bridgehead atoms. The average molecular weight is 357 g/mol. The number of piperidine rings is 1. The van der Waals surface area contributed by atoms with Crippen LogP contribution in [-0.4, -0.2) is 49.4 Å². The van der Waals surface area contributed by atoms with Gasteiger partial charge in [0.25, 0.3) is 0 Å². The van der Waals surface area contributed by atoms with Crippen LogP contribution in [0.2, 0.25) is 0 Å². The third-order valence-corrected chi connectivity index (χ3v) is 5.32. The van der Waals surface area contributed by atoms with E-state index in [1.54, 1.807) is 13.1 Å². The maximum absolute atomic E-state index is 12.7. The molecule has 1 aliphatic rings. The zero-order chi connectivity index (χ0) is 18.8. The number of aromatic nitrogens is 4. The lowest BCUT2D eigenvalue weighted by molar-refractivity contribution is -0.133. The second kappa shape index (κ2) is 7.43. The molecule has 1 aliphatic heterocycles. The first-order valence-corrected chi connectivity index (χ1v) is 9.22. The summed E-state index contributed by atoms with van der Waals surface area (Å²) in [5.41, 5.74) is 2.24. The van der Waals surface area contributed by atoms with Crippen LogP contribution >= 0.6 is 0 Å². The highest BCUT2D eigenvalue weighted by atomic mass is 16.2. The Bertz CT molecular complexity index is 785. The lowest BCUT2D eigenvalue weighted by Crippen LogP contribution is -2.39. The number of imidazole rings is 1. The van der Waals surface area contributed by atoms with Crippen molar-refractivity contribution in [1.82, 2.24) is 24.6 Å². The number of H-pyrrole nitrogens is 1. The maximum atomic E-state index is 12.7. The molecule has 3 rings (SSSR count). The first-order valence-electron chi connectivity index (χ1n) is 9.22. The van der Waals surface area contributed by atoms with Gasteiger partial charge < -0.3 is 9.88 Å². The number of aryl methyl sites for hydroxylation is 1. The number of hydrogen-bond acceptors (Lipinski definition) is 4. The summed E-state index contributed by atoms with van der Waals surface area (Å²) in [6.45, 7) is 8.79. The van der Waals surface area contributed by atoms with E-state index >= 15 is 0 Å². The minimum Gasteiger partial charge on any atom is -0.348 e. The molecule has 2 aromatic heterocycles. The molecule has 0 aliphatic carbocycles. The van der Waals surface area contributed by atoms with Crippen LogP contribution in [0.15, 0.2) is 12.4 Å². The lowest BCUT2D eigenvalue weighted by Gasteiger charge is -2.32. The number of likely N-dealkylation sites (tertiary alicyclic amines) is 1. The van der Waals surface area contributed by atoms with Crippen molar-refractivity contribution in [1.29, 1.82) is 0 Å². The van der Waals surface area contributed by atoms with Crippen LogP contribution in [-0.2, 0) is 4.79 Å². The number of Topliss-reactive ketones (excluding diaryl/α,β-unsaturated/α-hetero) is 1. The zero-order valence-electron chi connectivity index (χ0n) is 16.0. The first kappa shape index (κ1) is 18.4. The van der Waals surface area contributed by atoms with Gasteiger partial charge in [-0.25, -0.2) is 4.98 Å². The smallest absolute Gasteiger partial charge is 0.224 e. The van der Waals surface area contributed by atoms with E-state index in [0.29, 0.717) is 17.9 Å². The van der Waals surface area contributed by atoms with E-state index in [4.69, 9.17) is 0 Å². The number of nitrogens with one attached hydrogen (secondary N) is 1. The summed E-state index contributed by atoms with van der Waals surface area (Å²) in [7, 11) is 0. The molecular weight excluding hydrogens is 330 g/mol. The minimum atomic E-state index is -0.0721. The van der Waals surface area contributed by atoms with Crippen LogP contribution in [0, 0.1) is 13.8 Å². The van der Waals surface area contributed by atoms with E-state index in [1.165, 1.54) is 0 Å². The standard InChI is InChI=1S/C19H27N5O2/c1-12(24-14(3)18(15(4)25)13(2)22-24)11-17(26)23-9-5-16(6-10-23)19-20-7-8-21-19/h7-8,12,16H,5-6,9-11H2,1-4H3,(H,20,21). The fourth-order valence-electron chi connectivity index (χ4n) is 3.97. The molecule has 26 heavy (non-hydrogen) atoms. The van der Waals surface area contributed by atoms with E-state index in [2.05, 4.69) is 15.1 Å². The van der Waals surface area contributed by atoms with Gasteiger partial charge in [0.05, 0.1) is 17.3 Å². The van der Waals surface area contributed by atoms with Crippen LogP contribution in [0.4, 0.5) is 0 Å². The van der Waals surface area contributed by atoms with Crippen LogP contribution in [0.5, 0.6) is 0 Å². The highest BCUT2D eigenvalue weighted by Gasteiger charge is 2.27. The summed E-state index contributed by atoms with van der Waals surface area (Å²) in [6.07, 6.45) is 5.88. The van der Waals surface area contributed by atoms with Crippen molar-refractivity contribution in [2.45, 2.75) is 58.9 Å². The molecule has 1 atom stereocenters. The second-order valence-electron chi connectivity index (χ2n) is 7.23. The van der Waals surface area contributed by atoms with Gasteiger partial charge in [-0.05, 0) is 40.5 Å².